The van der Waals surface area contributed by atoms with E-state index in [1.165, 1.54) is 40.4 Å². The summed E-state index contributed by atoms with van der Waals surface area (Å²) in [6.07, 6.45) is 0.304. The standard InChI is InChI=1S/C21H26N2O8S2/c1-14-13-32(25,26)23(21(14)24)16-5-7-19(31-4)20(12-16)33(27,28)22-10-9-15-11-17(29-2)6-8-18(15)30-3/h5-8,11-12,14,22H,9-10,13H2,1-4H3/t14-/m1/s1. The third kappa shape index (κ3) is 5.07. The maximum absolute atomic E-state index is 13.1. The molecule has 2 aromatic rings. The summed E-state index contributed by atoms with van der Waals surface area (Å²) in [5, 5.41) is 0. The molecule has 33 heavy (non-hydrogen) atoms. The van der Waals surface area contributed by atoms with Gasteiger partial charge >= 0.3 is 0 Å². The molecule has 1 saturated heterocycles. The SMILES string of the molecule is COc1ccc(OC)c(CCNS(=O)(=O)c2cc(N3C(=O)[C@H](C)CS3(=O)=O)ccc2OC)c1. The third-order valence-electron chi connectivity index (χ3n) is 5.21. The Hall–Kier alpha value is -2.83. The van der Waals surface area contributed by atoms with Crippen LogP contribution in [0.3, 0.4) is 0 Å². The number of nitrogens with zero attached hydrogens (tertiary/aromatic N) is 1. The number of nitrogens with one attached hydrogen (secondary N) is 1. The Morgan fingerprint density at radius 1 is 1.03 bits per heavy atom. The van der Waals surface area contributed by atoms with Crippen LogP contribution in [0.25, 0.3) is 0 Å². The number of methoxy groups -OCH3 is 3. The Kier molecular flexibility index (Phi) is 7.20. The summed E-state index contributed by atoms with van der Waals surface area (Å²) in [6.45, 7) is 1.53. The Morgan fingerprint density at radius 3 is 2.27 bits per heavy atom. The average molecular weight is 499 g/mol. The normalized spacial score (nSPS) is 17.8. The minimum absolute atomic E-state index is 0.0160. The molecule has 0 unspecified atom stereocenters. The van der Waals surface area contributed by atoms with Crippen molar-refractivity contribution in [3.8, 4) is 17.2 Å². The van der Waals surface area contributed by atoms with E-state index in [1.807, 2.05) is 0 Å². The monoisotopic (exact) mass is 498 g/mol. The summed E-state index contributed by atoms with van der Waals surface area (Å²) < 4.78 is 69.8. The maximum Gasteiger partial charge on any atom is 0.244 e. The van der Waals surface area contributed by atoms with Crippen LogP contribution in [-0.4, -0.2) is 56.4 Å². The zero-order valence-electron chi connectivity index (χ0n) is 18.7. The van der Waals surface area contributed by atoms with Crippen molar-refractivity contribution in [1.82, 2.24) is 4.72 Å². The highest BCUT2D eigenvalue weighted by molar-refractivity contribution is 7.94. The molecule has 0 spiro atoms. The molecule has 0 bridgehead atoms. The van der Waals surface area contributed by atoms with Crippen LogP contribution in [-0.2, 0) is 31.3 Å². The maximum atomic E-state index is 13.1. The van der Waals surface area contributed by atoms with Gasteiger partial charge in [0.1, 0.15) is 22.1 Å². The van der Waals surface area contributed by atoms with Gasteiger partial charge in [-0.15, -0.1) is 0 Å². The van der Waals surface area contributed by atoms with Crippen LogP contribution in [0.5, 0.6) is 17.2 Å². The lowest BCUT2D eigenvalue weighted by atomic mass is 10.1. The van der Waals surface area contributed by atoms with E-state index in [0.29, 0.717) is 22.2 Å². The topological polar surface area (TPSA) is 128 Å². The van der Waals surface area contributed by atoms with Crippen molar-refractivity contribution in [1.29, 1.82) is 0 Å². The first-order valence-electron chi connectivity index (χ1n) is 9.99. The molecule has 1 aliphatic rings. The van der Waals surface area contributed by atoms with Gasteiger partial charge < -0.3 is 14.2 Å². The third-order valence-corrected chi connectivity index (χ3v) is 8.56. The minimum Gasteiger partial charge on any atom is -0.497 e. The lowest BCUT2D eigenvalue weighted by Gasteiger charge is -2.18. The summed E-state index contributed by atoms with van der Waals surface area (Å²) >= 11 is 0. The van der Waals surface area contributed by atoms with E-state index in [1.54, 1.807) is 18.2 Å². The number of amides is 1. The molecule has 1 N–H and O–H groups in total. The number of rotatable bonds is 9. The highest BCUT2D eigenvalue weighted by Crippen LogP contribution is 2.34. The molecule has 0 aliphatic carbocycles. The molecule has 10 nitrogen and oxygen atoms in total. The van der Waals surface area contributed by atoms with Crippen molar-refractivity contribution in [2.45, 2.75) is 18.2 Å². The molecule has 1 fully saturated rings. The first-order valence-corrected chi connectivity index (χ1v) is 13.1. The van der Waals surface area contributed by atoms with Gasteiger partial charge in [0.15, 0.2) is 0 Å². The summed E-state index contributed by atoms with van der Waals surface area (Å²) in [7, 11) is -3.65. The van der Waals surface area contributed by atoms with Gasteiger partial charge in [0.05, 0.1) is 38.7 Å². The van der Waals surface area contributed by atoms with Gasteiger partial charge in [0, 0.05) is 6.54 Å². The molecule has 180 valence electrons. The van der Waals surface area contributed by atoms with E-state index < -0.39 is 31.9 Å². The Balaban J connectivity index is 1.87. The van der Waals surface area contributed by atoms with Crippen molar-refractivity contribution in [2.24, 2.45) is 5.92 Å². The van der Waals surface area contributed by atoms with E-state index in [-0.39, 0.29) is 28.6 Å². The van der Waals surface area contributed by atoms with Crippen LogP contribution in [0.15, 0.2) is 41.3 Å². The fourth-order valence-electron chi connectivity index (χ4n) is 3.56. The van der Waals surface area contributed by atoms with Crippen LogP contribution in [0.4, 0.5) is 5.69 Å². The first kappa shape index (κ1) is 24.8. The lowest BCUT2D eigenvalue weighted by molar-refractivity contribution is -0.119. The molecule has 0 aromatic heterocycles. The summed E-state index contributed by atoms with van der Waals surface area (Å²) in [5.74, 6) is -0.451. The van der Waals surface area contributed by atoms with Crippen molar-refractivity contribution >= 4 is 31.6 Å². The largest absolute Gasteiger partial charge is 0.497 e. The fraction of sp³-hybridized carbons (Fsp3) is 0.381. The molecule has 3 rings (SSSR count). The number of carbonyl (C=O) groups is 1. The zero-order valence-corrected chi connectivity index (χ0v) is 20.3. The molecule has 0 radical (unpaired) electrons. The fourth-order valence-corrected chi connectivity index (χ4v) is 6.59. The molecule has 0 saturated carbocycles. The number of hydrogen-bond donors (Lipinski definition) is 1. The number of anilines is 1. The number of hydrogen-bond acceptors (Lipinski definition) is 8. The van der Waals surface area contributed by atoms with E-state index in [0.717, 1.165) is 11.6 Å². The summed E-state index contributed by atoms with van der Waals surface area (Å²) in [4.78, 5) is 12.1. The Labute approximate surface area is 193 Å². The van der Waals surface area contributed by atoms with Gasteiger partial charge in [0.25, 0.3) is 0 Å². The zero-order chi connectivity index (χ0) is 24.4. The van der Waals surface area contributed by atoms with E-state index in [9.17, 15) is 21.6 Å². The van der Waals surface area contributed by atoms with E-state index in [4.69, 9.17) is 14.2 Å². The second kappa shape index (κ2) is 9.57. The Bertz CT molecular complexity index is 1260. The lowest BCUT2D eigenvalue weighted by Crippen LogP contribution is -2.31. The predicted molar refractivity (Wildman–Crippen MR) is 122 cm³/mol. The van der Waals surface area contributed by atoms with Gasteiger partial charge in [-0.1, -0.05) is 6.92 Å². The number of ether oxygens (including phenoxy) is 3. The highest BCUT2D eigenvalue weighted by Gasteiger charge is 2.42. The highest BCUT2D eigenvalue weighted by atomic mass is 32.2. The van der Waals surface area contributed by atoms with Crippen LogP contribution < -0.4 is 23.2 Å². The van der Waals surface area contributed by atoms with Crippen molar-refractivity contribution < 1.29 is 35.8 Å². The van der Waals surface area contributed by atoms with Gasteiger partial charge in [-0.2, -0.15) is 0 Å². The first-order chi connectivity index (χ1) is 15.5. The van der Waals surface area contributed by atoms with Crippen molar-refractivity contribution in [2.75, 3.05) is 37.9 Å². The molecular formula is C21H26N2O8S2. The van der Waals surface area contributed by atoms with Crippen LogP contribution in [0.2, 0.25) is 0 Å². The second-order valence-electron chi connectivity index (χ2n) is 7.44. The molecule has 1 atom stereocenters. The van der Waals surface area contributed by atoms with Gasteiger partial charge in [0.2, 0.25) is 26.0 Å². The molecular weight excluding hydrogens is 472 g/mol. The van der Waals surface area contributed by atoms with Crippen molar-refractivity contribution in [3.63, 3.8) is 0 Å². The Morgan fingerprint density at radius 2 is 1.70 bits per heavy atom. The molecule has 12 heteroatoms. The molecule has 2 aromatic carbocycles. The smallest absolute Gasteiger partial charge is 0.244 e. The number of benzene rings is 2. The van der Waals surface area contributed by atoms with Crippen molar-refractivity contribution in [3.05, 3.63) is 42.0 Å². The summed E-state index contributed by atoms with van der Waals surface area (Å²) in [6, 6.07) is 8.99. The van der Waals surface area contributed by atoms with Crippen LogP contribution in [0.1, 0.15) is 12.5 Å². The van der Waals surface area contributed by atoms with Crippen LogP contribution >= 0.6 is 0 Å². The average Bonchev–Trinajstić information content (AvgIpc) is 2.99. The number of carbonyl (C=O) groups excluding carboxylic acids is 1. The number of sulfonamides is 2. The van der Waals surface area contributed by atoms with Gasteiger partial charge in [-0.05, 0) is 48.4 Å². The van der Waals surface area contributed by atoms with Gasteiger partial charge in [-0.25, -0.2) is 25.9 Å². The quantitative estimate of drug-likeness (QED) is 0.551. The second-order valence-corrected chi connectivity index (χ2v) is 11.0. The molecule has 1 amide bonds. The van der Waals surface area contributed by atoms with Gasteiger partial charge in [-0.3, -0.25) is 4.79 Å². The predicted octanol–water partition coefficient (Wildman–Crippen LogP) is 1.55. The van der Waals surface area contributed by atoms with E-state index >= 15 is 0 Å². The minimum atomic E-state index is -4.11. The molecule has 1 heterocycles. The molecule has 1 aliphatic heterocycles. The van der Waals surface area contributed by atoms with E-state index in [2.05, 4.69) is 4.72 Å². The summed E-state index contributed by atoms with van der Waals surface area (Å²) in [5.41, 5.74) is 0.683. The van der Waals surface area contributed by atoms with Crippen LogP contribution in [0, 0.1) is 5.92 Å².